The standard InChI is InChI=1S/C23H20N2O2/c1-16(23-25-19-14-8-9-15-20(19)27-23)24-22(26)21(17-10-4-2-5-11-17)18-12-6-3-7-13-18/h2-16,21H,1H3,(H,24,26). The number of oxazole rings is 1. The van der Waals surface area contributed by atoms with Crippen LogP contribution in [0, 0.1) is 0 Å². The van der Waals surface area contributed by atoms with Crippen LogP contribution in [0.4, 0.5) is 0 Å². The van der Waals surface area contributed by atoms with Crippen molar-refractivity contribution in [2.75, 3.05) is 0 Å². The molecule has 0 fully saturated rings. The number of nitrogens with zero attached hydrogens (tertiary/aromatic N) is 1. The second kappa shape index (κ2) is 7.46. The number of para-hydroxylation sites is 2. The van der Waals surface area contributed by atoms with Gasteiger partial charge in [0.05, 0.1) is 5.92 Å². The Morgan fingerprint density at radius 3 is 2.00 bits per heavy atom. The number of hydrogen-bond donors (Lipinski definition) is 1. The zero-order valence-corrected chi connectivity index (χ0v) is 15.0. The lowest BCUT2D eigenvalue weighted by Crippen LogP contribution is -2.32. The van der Waals surface area contributed by atoms with E-state index in [4.69, 9.17) is 4.42 Å². The highest BCUT2D eigenvalue weighted by Crippen LogP contribution is 2.26. The summed E-state index contributed by atoms with van der Waals surface area (Å²) in [5.41, 5.74) is 3.41. The van der Waals surface area contributed by atoms with Crippen LogP contribution in [0.5, 0.6) is 0 Å². The smallest absolute Gasteiger partial charge is 0.232 e. The Kier molecular flexibility index (Phi) is 4.71. The van der Waals surface area contributed by atoms with Crippen LogP contribution in [0.15, 0.2) is 89.3 Å². The van der Waals surface area contributed by atoms with Crippen LogP contribution in [0.3, 0.4) is 0 Å². The third-order valence-electron chi connectivity index (χ3n) is 4.57. The number of benzene rings is 3. The van der Waals surface area contributed by atoms with Gasteiger partial charge in [-0.2, -0.15) is 0 Å². The minimum atomic E-state index is -0.390. The molecule has 4 heteroatoms. The molecular weight excluding hydrogens is 336 g/mol. The van der Waals surface area contributed by atoms with Crippen molar-refractivity contribution < 1.29 is 9.21 Å². The molecule has 0 bridgehead atoms. The number of rotatable bonds is 5. The molecule has 0 saturated heterocycles. The number of carbonyl (C=O) groups excluding carboxylic acids is 1. The summed E-state index contributed by atoms with van der Waals surface area (Å²) in [6.45, 7) is 1.88. The molecule has 1 aromatic heterocycles. The zero-order valence-electron chi connectivity index (χ0n) is 15.0. The van der Waals surface area contributed by atoms with Gasteiger partial charge in [0.25, 0.3) is 0 Å². The van der Waals surface area contributed by atoms with Crippen molar-refractivity contribution in [3.63, 3.8) is 0 Å². The summed E-state index contributed by atoms with van der Waals surface area (Å²) in [6, 6.07) is 26.8. The van der Waals surface area contributed by atoms with Gasteiger partial charge in [-0.3, -0.25) is 4.79 Å². The number of carbonyl (C=O) groups is 1. The third-order valence-corrected chi connectivity index (χ3v) is 4.57. The Labute approximate surface area is 157 Å². The molecule has 1 amide bonds. The van der Waals surface area contributed by atoms with E-state index < -0.39 is 0 Å². The maximum atomic E-state index is 13.2. The van der Waals surface area contributed by atoms with Crippen LogP contribution < -0.4 is 5.32 Å². The summed E-state index contributed by atoms with van der Waals surface area (Å²) in [6.07, 6.45) is 0. The Balaban J connectivity index is 1.61. The summed E-state index contributed by atoms with van der Waals surface area (Å²) in [5.74, 6) is 0.0332. The van der Waals surface area contributed by atoms with Crippen LogP contribution >= 0.6 is 0 Å². The quantitative estimate of drug-likeness (QED) is 0.557. The van der Waals surface area contributed by atoms with Gasteiger partial charge in [0, 0.05) is 0 Å². The van der Waals surface area contributed by atoms with E-state index in [1.54, 1.807) is 0 Å². The SMILES string of the molecule is CC(NC(=O)C(c1ccccc1)c1ccccc1)c1nc2ccccc2o1. The first-order valence-electron chi connectivity index (χ1n) is 8.98. The molecule has 0 aliphatic carbocycles. The molecule has 3 aromatic carbocycles. The van der Waals surface area contributed by atoms with Crippen molar-refractivity contribution in [2.24, 2.45) is 0 Å². The summed E-state index contributed by atoms with van der Waals surface area (Å²) in [5, 5.41) is 3.06. The molecule has 0 spiro atoms. The monoisotopic (exact) mass is 356 g/mol. The molecule has 27 heavy (non-hydrogen) atoms. The van der Waals surface area contributed by atoms with E-state index in [0.29, 0.717) is 5.89 Å². The summed E-state index contributed by atoms with van der Waals surface area (Å²) < 4.78 is 5.80. The van der Waals surface area contributed by atoms with Crippen molar-refractivity contribution in [3.8, 4) is 0 Å². The minimum Gasteiger partial charge on any atom is -0.438 e. The Morgan fingerprint density at radius 2 is 1.41 bits per heavy atom. The molecule has 1 atom stereocenters. The number of amides is 1. The predicted molar refractivity (Wildman–Crippen MR) is 105 cm³/mol. The Bertz CT molecular complexity index is 969. The molecule has 0 aliphatic heterocycles. The fraction of sp³-hybridized carbons (Fsp3) is 0.130. The fourth-order valence-corrected chi connectivity index (χ4v) is 3.22. The summed E-state index contributed by atoms with van der Waals surface area (Å²) >= 11 is 0. The lowest BCUT2D eigenvalue weighted by molar-refractivity contribution is -0.122. The van der Waals surface area contributed by atoms with Gasteiger partial charge in [-0.05, 0) is 30.2 Å². The van der Waals surface area contributed by atoms with Crippen molar-refractivity contribution in [2.45, 2.75) is 18.9 Å². The van der Waals surface area contributed by atoms with Gasteiger partial charge in [0.2, 0.25) is 11.8 Å². The normalized spacial score (nSPS) is 12.2. The molecule has 0 aliphatic rings. The van der Waals surface area contributed by atoms with E-state index in [2.05, 4.69) is 10.3 Å². The first kappa shape index (κ1) is 17.0. The van der Waals surface area contributed by atoms with E-state index in [0.717, 1.165) is 22.2 Å². The molecule has 0 saturated carbocycles. The number of aromatic nitrogens is 1. The van der Waals surface area contributed by atoms with Gasteiger partial charge < -0.3 is 9.73 Å². The number of fused-ring (bicyclic) bond motifs is 1. The van der Waals surface area contributed by atoms with Crippen LogP contribution in [-0.2, 0) is 4.79 Å². The summed E-state index contributed by atoms with van der Waals surface area (Å²) in [4.78, 5) is 17.7. The zero-order chi connectivity index (χ0) is 18.6. The second-order valence-electron chi connectivity index (χ2n) is 6.50. The fourth-order valence-electron chi connectivity index (χ4n) is 3.22. The highest BCUT2D eigenvalue weighted by Gasteiger charge is 2.25. The van der Waals surface area contributed by atoms with Gasteiger partial charge in [-0.25, -0.2) is 4.98 Å². The molecule has 134 valence electrons. The van der Waals surface area contributed by atoms with Crippen molar-refractivity contribution >= 4 is 17.0 Å². The van der Waals surface area contributed by atoms with E-state index in [1.165, 1.54) is 0 Å². The molecule has 4 rings (SSSR count). The molecule has 4 aromatic rings. The second-order valence-corrected chi connectivity index (χ2v) is 6.50. The van der Waals surface area contributed by atoms with E-state index in [-0.39, 0.29) is 17.9 Å². The lowest BCUT2D eigenvalue weighted by Gasteiger charge is -2.20. The van der Waals surface area contributed by atoms with Gasteiger partial charge in [-0.1, -0.05) is 72.8 Å². The minimum absolute atomic E-state index is 0.0813. The molecular formula is C23H20N2O2. The first-order chi connectivity index (χ1) is 13.2. The molecule has 0 radical (unpaired) electrons. The number of hydrogen-bond acceptors (Lipinski definition) is 3. The largest absolute Gasteiger partial charge is 0.438 e. The van der Waals surface area contributed by atoms with Gasteiger partial charge in [0.15, 0.2) is 5.58 Å². The predicted octanol–water partition coefficient (Wildman–Crippen LogP) is 4.84. The van der Waals surface area contributed by atoms with Gasteiger partial charge >= 0.3 is 0 Å². The van der Waals surface area contributed by atoms with E-state index in [9.17, 15) is 4.79 Å². The van der Waals surface area contributed by atoms with Gasteiger partial charge in [0.1, 0.15) is 11.6 Å². The maximum absolute atomic E-state index is 13.2. The van der Waals surface area contributed by atoms with Crippen LogP contribution in [0.25, 0.3) is 11.1 Å². The third kappa shape index (κ3) is 3.60. The Hall–Kier alpha value is -3.40. The highest BCUT2D eigenvalue weighted by molar-refractivity contribution is 5.87. The van der Waals surface area contributed by atoms with Crippen molar-refractivity contribution in [3.05, 3.63) is 102 Å². The van der Waals surface area contributed by atoms with Crippen molar-refractivity contribution in [1.82, 2.24) is 10.3 Å². The van der Waals surface area contributed by atoms with Crippen LogP contribution in [0.1, 0.15) is 35.9 Å². The average molecular weight is 356 g/mol. The molecule has 1 heterocycles. The van der Waals surface area contributed by atoms with Crippen LogP contribution in [-0.4, -0.2) is 10.9 Å². The lowest BCUT2D eigenvalue weighted by atomic mass is 9.90. The molecule has 1 unspecified atom stereocenters. The number of nitrogens with one attached hydrogen (secondary N) is 1. The average Bonchev–Trinajstić information content (AvgIpc) is 3.14. The molecule has 1 N–H and O–H groups in total. The van der Waals surface area contributed by atoms with E-state index in [1.807, 2.05) is 91.9 Å². The van der Waals surface area contributed by atoms with Crippen LogP contribution in [0.2, 0.25) is 0 Å². The van der Waals surface area contributed by atoms with Gasteiger partial charge in [-0.15, -0.1) is 0 Å². The topological polar surface area (TPSA) is 55.1 Å². The summed E-state index contributed by atoms with van der Waals surface area (Å²) in [7, 11) is 0. The van der Waals surface area contributed by atoms with Crippen molar-refractivity contribution in [1.29, 1.82) is 0 Å². The highest BCUT2D eigenvalue weighted by atomic mass is 16.3. The Morgan fingerprint density at radius 1 is 0.852 bits per heavy atom. The van der Waals surface area contributed by atoms with E-state index >= 15 is 0 Å². The maximum Gasteiger partial charge on any atom is 0.232 e. The first-order valence-corrected chi connectivity index (χ1v) is 8.98. The molecule has 4 nitrogen and oxygen atoms in total.